The Balaban J connectivity index is 1.49. The first kappa shape index (κ1) is 19.2. The van der Waals surface area contributed by atoms with Crippen molar-refractivity contribution in [3.8, 4) is 11.5 Å². The quantitative estimate of drug-likeness (QED) is 0.692. The van der Waals surface area contributed by atoms with Crippen LogP contribution in [0, 0.1) is 0 Å². The Hall–Kier alpha value is -3.74. The number of nitrogen functional groups attached to an aromatic ring is 1. The van der Waals surface area contributed by atoms with E-state index in [-0.39, 0.29) is 11.9 Å². The van der Waals surface area contributed by atoms with Gasteiger partial charge in [0.1, 0.15) is 29.3 Å². The second kappa shape index (κ2) is 8.18. The number of carbonyl (C=O) groups is 1. The van der Waals surface area contributed by atoms with Gasteiger partial charge in [-0.25, -0.2) is 15.0 Å². The maximum Gasteiger partial charge on any atom is 0.293 e. The number of nitrogens with two attached hydrogens (primary N) is 1. The maximum atomic E-state index is 13.3. The number of carbonyl (C=O) groups excluding carboxylic acids is 1. The van der Waals surface area contributed by atoms with Gasteiger partial charge in [-0.15, -0.1) is 0 Å². The highest BCUT2D eigenvalue weighted by Gasteiger charge is 2.33. The normalized spacial score (nSPS) is 16.6. The number of hydrogen-bond donors (Lipinski definition) is 1. The van der Waals surface area contributed by atoms with E-state index in [9.17, 15) is 4.79 Å². The van der Waals surface area contributed by atoms with Crippen molar-refractivity contribution in [2.75, 3.05) is 5.73 Å². The number of anilines is 1. The lowest BCUT2D eigenvalue weighted by Gasteiger charge is -2.23. The minimum Gasteiger partial charge on any atom is -0.457 e. The Kier molecular flexibility index (Phi) is 5.08. The Morgan fingerprint density at radius 3 is 2.39 bits per heavy atom. The Morgan fingerprint density at radius 2 is 1.65 bits per heavy atom. The molecule has 1 saturated carbocycles. The van der Waals surface area contributed by atoms with Gasteiger partial charge in [0.2, 0.25) is 0 Å². The summed E-state index contributed by atoms with van der Waals surface area (Å²) in [5.74, 6) is 1.63. The average Bonchev–Trinajstić information content (AvgIpc) is 3.28. The third kappa shape index (κ3) is 3.86. The van der Waals surface area contributed by atoms with E-state index >= 15 is 0 Å². The summed E-state index contributed by atoms with van der Waals surface area (Å²) in [5, 5.41) is 6.43. The minimum atomic E-state index is -0.199. The summed E-state index contributed by atoms with van der Waals surface area (Å²) in [7, 11) is 0. The summed E-state index contributed by atoms with van der Waals surface area (Å²) in [6.45, 7) is 0. The second-order valence-electron chi connectivity index (χ2n) is 7.84. The largest absolute Gasteiger partial charge is 0.457 e. The molecule has 2 N–H and O–H groups in total. The summed E-state index contributed by atoms with van der Waals surface area (Å²) >= 11 is 0. The molecule has 0 unspecified atom stereocenters. The smallest absolute Gasteiger partial charge is 0.293 e. The van der Waals surface area contributed by atoms with Crippen LogP contribution in [0.1, 0.15) is 47.3 Å². The lowest BCUT2D eigenvalue weighted by molar-refractivity contribution is 0.0684. The molecule has 1 aromatic heterocycles. The molecule has 7 heteroatoms. The number of nitrogens with zero attached hydrogens (tertiary/aromatic N) is 4. The Labute approximate surface area is 180 Å². The molecule has 2 aromatic carbocycles. The standard InChI is InChI=1S/C24H23N5O2/c25-23-20-14-21(16-10-12-19(13-11-16)31-18-8-2-1-3-9-18)28-29(17-6-4-5-7-17)24(30)22(20)26-15-27-23/h1-3,8-13,15,17H,4-7,14H2,(H2,25,26,27). The number of benzene rings is 2. The predicted molar refractivity (Wildman–Crippen MR) is 118 cm³/mol. The lowest BCUT2D eigenvalue weighted by Crippen LogP contribution is -2.35. The third-order valence-corrected chi connectivity index (χ3v) is 5.80. The summed E-state index contributed by atoms with van der Waals surface area (Å²) < 4.78 is 5.90. The molecule has 31 heavy (non-hydrogen) atoms. The lowest BCUT2D eigenvalue weighted by atomic mass is 10.0. The molecule has 156 valence electrons. The molecule has 0 saturated heterocycles. The first-order valence-electron chi connectivity index (χ1n) is 10.5. The molecule has 7 nitrogen and oxygen atoms in total. The highest BCUT2D eigenvalue weighted by atomic mass is 16.5. The molecule has 0 spiro atoms. The van der Waals surface area contributed by atoms with Crippen molar-refractivity contribution in [1.82, 2.24) is 15.0 Å². The van der Waals surface area contributed by atoms with Crippen LogP contribution in [0.2, 0.25) is 0 Å². The van der Waals surface area contributed by atoms with Crippen molar-refractivity contribution in [1.29, 1.82) is 0 Å². The molecule has 2 heterocycles. The molecule has 0 atom stereocenters. The van der Waals surface area contributed by atoms with Crippen LogP contribution in [0.25, 0.3) is 0 Å². The fourth-order valence-corrected chi connectivity index (χ4v) is 4.17. The molecule has 0 radical (unpaired) electrons. The van der Waals surface area contributed by atoms with E-state index in [1.54, 1.807) is 5.01 Å². The highest BCUT2D eigenvalue weighted by Crippen LogP contribution is 2.30. The first-order valence-corrected chi connectivity index (χ1v) is 10.5. The topological polar surface area (TPSA) is 93.7 Å². The van der Waals surface area contributed by atoms with Gasteiger partial charge < -0.3 is 10.5 Å². The molecule has 0 bridgehead atoms. The number of fused-ring (bicyclic) bond motifs is 1. The van der Waals surface area contributed by atoms with E-state index < -0.39 is 0 Å². The van der Waals surface area contributed by atoms with Crippen LogP contribution >= 0.6 is 0 Å². The van der Waals surface area contributed by atoms with E-state index in [0.717, 1.165) is 48.5 Å². The monoisotopic (exact) mass is 413 g/mol. The molecule has 3 aromatic rings. The highest BCUT2D eigenvalue weighted by molar-refractivity contribution is 6.07. The van der Waals surface area contributed by atoms with E-state index in [1.807, 2.05) is 54.6 Å². The molecule has 1 aliphatic carbocycles. The molecule has 1 fully saturated rings. The van der Waals surface area contributed by atoms with Gasteiger partial charge in [0, 0.05) is 12.0 Å². The van der Waals surface area contributed by atoms with Crippen molar-refractivity contribution < 1.29 is 9.53 Å². The van der Waals surface area contributed by atoms with Crippen LogP contribution in [-0.4, -0.2) is 32.6 Å². The fourth-order valence-electron chi connectivity index (χ4n) is 4.17. The first-order chi connectivity index (χ1) is 15.2. The number of amides is 1. The zero-order valence-corrected chi connectivity index (χ0v) is 17.1. The summed E-state index contributed by atoms with van der Waals surface area (Å²) in [6.07, 6.45) is 5.84. The number of rotatable bonds is 4. The zero-order valence-electron chi connectivity index (χ0n) is 17.1. The maximum absolute atomic E-state index is 13.3. The van der Waals surface area contributed by atoms with Gasteiger partial charge in [-0.3, -0.25) is 4.79 Å². The molecular formula is C24H23N5O2. The van der Waals surface area contributed by atoms with Crippen molar-refractivity contribution in [3.63, 3.8) is 0 Å². The van der Waals surface area contributed by atoms with Gasteiger partial charge in [0.15, 0.2) is 0 Å². The Morgan fingerprint density at radius 1 is 0.935 bits per heavy atom. The predicted octanol–water partition coefficient (Wildman–Crippen LogP) is 4.20. The zero-order chi connectivity index (χ0) is 21.2. The van der Waals surface area contributed by atoms with Crippen LogP contribution in [-0.2, 0) is 6.42 Å². The minimum absolute atomic E-state index is 0.0883. The van der Waals surface area contributed by atoms with E-state index in [2.05, 4.69) is 9.97 Å². The van der Waals surface area contributed by atoms with Crippen LogP contribution in [0.3, 0.4) is 0 Å². The number of hydrogen-bond acceptors (Lipinski definition) is 6. The van der Waals surface area contributed by atoms with Crippen molar-refractivity contribution in [2.24, 2.45) is 5.10 Å². The summed E-state index contributed by atoms with van der Waals surface area (Å²) in [5.41, 5.74) is 8.79. The van der Waals surface area contributed by atoms with Crippen molar-refractivity contribution in [3.05, 3.63) is 77.7 Å². The molecule has 5 rings (SSSR count). The van der Waals surface area contributed by atoms with Crippen molar-refractivity contribution >= 4 is 17.4 Å². The number of hydrazone groups is 1. The van der Waals surface area contributed by atoms with E-state index in [0.29, 0.717) is 23.5 Å². The van der Waals surface area contributed by atoms with Crippen LogP contribution in [0.4, 0.5) is 5.82 Å². The summed E-state index contributed by atoms with van der Waals surface area (Å²) in [6, 6.07) is 17.5. The molecule has 1 aliphatic heterocycles. The fraction of sp³-hybridized carbons (Fsp3) is 0.250. The van der Waals surface area contributed by atoms with Crippen LogP contribution < -0.4 is 10.5 Å². The van der Waals surface area contributed by atoms with Gasteiger partial charge in [0.05, 0.1) is 11.8 Å². The third-order valence-electron chi connectivity index (χ3n) is 5.80. The molecule has 2 aliphatic rings. The van der Waals surface area contributed by atoms with Gasteiger partial charge in [0.25, 0.3) is 5.91 Å². The van der Waals surface area contributed by atoms with Crippen LogP contribution in [0.15, 0.2) is 66.0 Å². The molecule has 1 amide bonds. The van der Waals surface area contributed by atoms with Gasteiger partial charge in [-0.1, -0.05) is 31.0 Å². The Bertz CT molecular complexity index is 1120. The molecular weight excluding hydrogens is 390 g/mol. The van der Waals surface area contributed by atoms with Crippen LogP contribution in [0.5, 0.6) is 11.5 Å². The van der Waals surface area contributed by atoms with Crippen molar-refractivity contribution in [2.45, 2.75) is 38.1 Å². The SMILES string of the molecule is Nc1ncnc2c1CC(c1ccc(Oc3ccccc3)cc1)=NN(C1CCCC1)C2=O. The van der Waals surface area contributed by atoms with Gasteiger partial charge in [-0.2, -0.15) is 5.10 Å². The number of ether oxygens (including phenoxy) is 1. The number of aromatic nitrogens is 2. The second-order valence-corrected chi connectivity index (χ2v) is 7.84. The van der Waals surface area contributed by atoms with E-state index in [1.165, 1.54) is 6.33 Å². The van der Waals surface area contributed by atoms with E-state index in [4.69, 9.17) is 15.6 Å². The average molecular weight is 413 g/mol. The number of para-hydroxylation sites is 1. The summed E-state index contributed by atoms with van der Waals surface area (Å²) in [4.78, 5) is 21.6. The van der Waals surface area contributed by atoms with Gasteiger partial charge in [-0.05, 0) is 54.8 Å². The van der Waals surface area contributed by atoms with Gasteiger partial charge >= 0.3 is 0 Å².